The van der Waals surface area contributed by atoms with E-state index in [4.69, 9.17) is 0 Å². The highest BCUT2D eigenvalue weighted by Gasteiger charge is 2.29. The molecule has 1 aromatic heterocycles. The topological polar surface area (TPSA) is 18.5 Å². The zero-order valence-electron chi connectivity index (χ0n) is 11.4. The smallest absolute Gasteiger partial charge is 0.0414 e. The van der Waals surface area contributed by atoms with Crippen molar-refractivity contribution in [3.63, 3.8) is 0 Å². The normalized spacial score (nSPS) is 25.0. The lowest BCUT2D eigenvalue weighted by Gasteiger charge is -2.44. The van der Waals surface area contributed by atoms with Gasteiger partial charge in [0.15, 0.2) is 0 Å². The lowest BCUT2D eigenvalue weighted by atomic mass is 10.1. The molecule has 0 amide bonds. The molecule has 3 heterocycles. The van der Waals surface area contributed by atoms with Crippen LogP contribution in [-0.4, -0.2) is 55.1 Å². The molecule has 18 heavy (non-hydrogen) atoms. The van der Waals surface area contributed by atoms with Gasteiger partial charge in [-0.15, -0.1) is 11.3 Å². The summed E-state index contributed by atoms with van der Waals surface area (Å²) >= 11 is 1.95. The van der Waals surface area contributed by atoms with E-state index in [2.05, 4.69) is 41.1 Å². The molecule has 2 saturated heterocycles. The lowest BCUT2D eigenvalue weighted by molar-refractivity contribution is 0.0559. The van der Waals surface area contributed by atoms with Crippen LogP contribution in [0.15, 0.2) is 12.1 Å². The highest BCUT2D eigenvalue weighted by atomic mass is 32.1. The van der Waals surface area contributed by atoms with Gasteiger partial charge in [-0.25, -0.2) is 0 Å². The Balaban J connectivity index is 1.55. The molecule has 0 saturated carbocycles. The van der Waals surface area contributed by atoms with E-state index in [0.29, 0.717) is 6.04 Å². The maximum absolute atomic E-state index is 3.37. The highest BCUT2D eigenvalue weighted by molar-refractivity contribution is 7.12. The monoisotopic (exact) mass is 265 g/mol. The molecule has 2 aliphatic heterocycles. The van der Waals surface area contributed by atoms with Crippen molar-refractivity contribution >= 4 is 11.3 Å². The summed E-state index contributed by atoms with van der Waals surface area (Å²) in [7, 11) is 0. The number of piperazine rings is 1. The molecule has 2 aliphatic rings. The molecule has 1 unspecified atom stereocenters. The van der Waals surface area contributed by atoms with Crippen molar-refractivity contribution in [3.05, 3.63) is 21.9 Å². The second-order valence-electron chi connectivity index (χ2n) is 5.51. The molecule has 1 N–H and O–H groups in total. The summed E-state index contributed by atoms with van der Waals surface area (Å²) in [5, 5.41) is 3.37. The van der Waals surface area contributed by atoms with Crippen LogP contribution in [0.5, 0.6) is 0 Å². The number of nitrogens with one attached hydrogen (secondary N) is 1. The Morgan fingerprint density at radius 2 is 1.94 bits per heavy atom. The van der Waals surface area contributed by atoms with E-state index in [1.165, 1.54) is 49.0 Å². The SMILES string of the molecule is Cc1ccc(C(C)N2CCN(C3CNC3)CC2)s1. The number of rotatable bonds is 3. The summed E-state index contributed by atoms with van der Waals surface area (Å²) in [6.45, 7) is 11.8. The van der Waals surface area contributed by atoms with Crippen LogP contribution in [0.4, 0.5) is 0 Å². The highest BCUT2D eigenvalue weighted by Crippen LogP contribution is 2.28. The van der Waals surface area contributed by atoms with E-state index >= 15 is 0 Å². The number of hydrogen-bond donors (Lipinski definition) is 1. The van der Waals surface area contributed by atoms with Gasteiger partial charge in [0.2, 0.25) is 0 Å². The maximum atomic E-state index is 3.37. The third-order valence-corrected chi connectivity index (χ3v) is 5.52. The molecule has 3 rings (SSSR count). The standard InChI is InChI=1S/C14H23N3S/c1-11-3-4-14(18-11)12(2)16-5-7-17(8-6-16)13-9-15-10-13/h3-4,12-13,15H,5-10H2,1-2H3. The lowest BCUT2D eigenvalue weighted by Crippen LogP contribution is -2.61. The van der Waals surface area contributed by atoms with Crippen LogP contribution in [0, 0.1) is 6.92 Å². The molecule has 3 nitrogen and oxygen atoms in total. The van der Waals surface area contributed by atoms with Crippen LogP contribution in [0.3, 0.4) is 0 Å². The van der Waals surface area contributed by atoms with Crippen LogP contribution in [0.1, 0.15) is 22.7 Å². The first-order valence-electron chi connectivity index (χ1n) is 6.99. The van der Waals surface area contributed by atoms with Gasteiger partial charge in [0.1, 0.15) is 0 Å². The maximum Gasteiger partial charge on any atom is 0.0414 e. The first-order chi connectivity index (χ1) is 8.74. The van der Waals surface area contributed by atoms with Crippen LogP contribution in [-0.2, 0) is 0 Å². The summed E-state index contributed by atoms with van der Waals surface area (Å²) in [6.07, 6.45) is 0. The molecule has 1 aromatic rings. The van der Waals surface area contributed by atoms with E-state index < -0.39 is 0 Å². The Kier molecular flexibility index (Phi) is 3.71. The Morgan fingerprint density at radius 1 is 1.22 bits per heavy atom. The number of aryl methyl sites for hydroxylation is 1. The number of hydrogen-bond acceptors (Lipinski definition) is 4. The number of thiophene rings is 1. The summed E-state index contributed by atoms with van der Waals surface area (Å²) in [5.41, 5.74) is 0. The van der Waals surface area contributed by atoms with E-state index in [0.717, 1.165) is 6.04 Å². The first kappa shape index (κ1) is 12.6. The van der Waals surface area contributed by atoms with Gasteiger partial charge < -0.3 is 5.32 Å². The number of nitrogens with zero attached hydrogens (tertiary/aromatic N) is 2. The van der Waals surface area contributed by atoms with Crippen molar-refractivity contribution in [1.82, 2.24) is 15.1 Å². The fraction of sp³-hybridized carbons (Fsp3) is 0.714. The fourth-order valence-corrected chi connectivity index (χ4v) is 3.84. The Labute approximate surface area is 114 Å². The van der Waals surface area contributed by atoms with E-state index in [1.807, 2.05) is 11.3 Å². The zero-order valence-corrected chi connectivity index (χ0v) is 12.2. The minimum atomic E-state index is 0.588. The predicted molar refractivity (Wildman–Crippen MR) is 77.3 cm³/mol. The predicted octanol–water partition coefficient (Wildman–Crippen LogP) is 1.71. The Bertz CT molecular complexity index is 391. The average Bonchev–Trinajstić information content (AvgIpc) is 2.74. The van der Waals surface area contributed by atoms with Gasteiger partial charge >= 0.3 is 0 Å². The summed E-state index contributed by atoms with van der Waals surface area (Å²) in [6, 6.07) is 5.94. The van der Waals surface area contributed by atoms with Crippen LogP contribution < -0.4 is 5.32 Å². The second-order valence-corrected chi connectivity index (χ2v) is 6.83. The zero-order chi connectivity index (χ0) is 12.5. The van der Waals surface area contributed by atoms with Crippen molar-refractivity contribution in [1.29, 1.82) is 0 Å². The van der Waals surface area contributed by atoms with E-state index in [1.54, 1.807) is 0 Å². The minimum absolute atomic E-state index is 0.588. The van der Waals surface area contributed by atoms with Crippen molar-refractivity contribution < 1.29 is 0 Å². The van der Waals surface area contributed by atoms with E-state index in [-0.39, 0.29) is 0 Å². The van der Waals surface area contributed by atoms with Gasteiger partial charge in [-0.2, -0.15) is 0 Å². The van der Waals surface area contributed by atoms with Gasteiger partial charge in [-0.3, -0.25) is 9.80 Å². The minimum Gasteiger partial charge on any atom is -0.314 e. The van der Waals surface area contributed by atoms with Crippen LogP contribution >= 0.6 is 11.3 Å². The summed E-state index contributed by atoms with van der Waals surface area (Å²) < 4.78 is 0. The summed E-state index contributed by atoms with van der Waals surface area (Å²) in [4.78, 5) is 8.23. The Morgan fingerprint density at radius 3 is 2.44 bits per heavy atom. The van der Waals surface area contributed by atoms with Gasteiger partial charge in [0, 0.05) is 61.1 Å². The molecule has 0 aliphatic carbocycles. The van der Waals surface area contributed by atoms with Gasteiger partial charge in [0.05, 0.1) is 0 Å². The van der Waals surface area contributed by atoms with Crippen molar-refractivity contribution in [2.24, 2.45) is 0 Å². The summed E-state index contributed by atoms with van der Waals surface area (Å²) in [5.74, 6) is 0. The molecule has 0 radical (unpaired) electrons. The molecule has 2 fully saturated rings. The van der Waals surface area contributed by atoms with Gasteiger partial charge in [-0.05, 0) is 26.0 Å². The molecule has 4 heteroatoms. The van der Waals surface area contributed by atoms with Crippen LogP contribution in [0.25, 0.3) is 0 Å². The van der Waals surface area contributed by atoms with Crippen LogP contribution in [0.2, 0.25) is 0 Å². The van der Waals surface area contributed by atoms with Gasteiger partial charge in [0.25, 0.3) is 0 Å². The molecule has 1 atom stereocenters. The molecular weight excluding hydrogens is 242 g/mol. The molecule has 0 aromatic carbocycles. The first-order valence-corrected chi connectivity index (χ1v) is 7.81. The van der Waals surface area contributed by atoms with E-state index in [9.17, 15) is 0 Å². The van der Waals surface area contributed by atoms with Gasteiger partial charge in [-0.1, -0.05) is 0 Å². The third kappa shape index (κ3) is 2.48. The average molecular weight is 265 g/mol. The fourth-order valence-electron chi connectivity index (χ4n) is 2.88. The Hall–Kier alpha value is -0.420. The van der Waals surface area contributed by atoms with Crippen molar-refractivity contribution in [2.45, 2.75) is 25.9 Å². The largest absolute Gasteiger partial charge is 0.314 e. The quantitative estimate of drug-likeness (QED) is 0.897. The van der Waals surface area contributed by atoms with Crippen molar-refractivity contribution in [3.8, 4) is 0 Å². The molecule has 0 bridgehead atoms. The molecule has 100 valence electrons. The molecular formula is C14H23N3S. The van der Waals surface area contributed by atoms with Crippen molar-refractivity contribution in [2.75, 3.05) is 39.3 Å². The molecule has 0 spiro atoms. The second kappa shape index (κ2) is 5.29. The third-order valence-electron chi connectivity index (χ3n) is 4.35.